The Bertz CT molecular complexity index is 928. The number of hydrogen-bond acceptors (Lipinski definition) is 6. The number of alkyl halides is 3. The Hall–Kier alpha value is -2.95. The van der Waals surface area contributed by atoms with E-state index >= 15 is 0 Å². The number of carbonyl (C=O) groups excluding carboxylic acids is 1. The second-order valence-corrected chi connectivity index (χ2v) is 8.75. The van der Waals surface area contributed by atoms with E-state index in [1.807, 2.05) is 12.1 Å². The Morgan fingerprint density at radius 2 is 1.67 bits per heavy atom. The number of rotatable bonds is 13. The Kier molecular flexibility index (Phi) is 12.4. The van der Waals surface area contributed by atoms with Crippen LogP contribution in [-0.2, 0) is 22.6 Å². The summed E-state index contributed by atoms with van der Waals surface area (Å²) in [6.45, 7) is 3.43. The van der Waals surface area contributed by atoms with Gasteiger partial charge in [-0.25, -0.2) is 4.79 Å². The first-order valence-corrected chi connectivity index (χ1v) is 12.4. The lowest BCUT2D eigenvalue weighted by molar-refractivity contribution is -0.192. The van der Waals surface area contributed by atoms with E-state index in [0.717, 1.165) is 24.9 Å². The Labute approximate surface area is 209 Å². The lowest BCUT2D eigenvalue weighted by Crippen LogP contribution is -2.52. The molecule has 2 aromatic rings. The third kappa shape index (κ3) is 10.8. The van der Waals surface area contributed by atoms with Crippen molar-refractivity contribution in [3.63, 3.8) is 0 Å². The van der Waals surface area contributed by atoms with Crippen LogP contribution in [0.5, 0.6) is 0 Å². The highest BCUT2D eigenvalue weighted by atomic mass is 19.4. The predicted octanol–water partition coefficient (Wildman–Crippen LogP) is 5.03. The molecule has 1 fully saturated rings. The van der Waals surface area contributed by atoms with Gasteiger partial charge in [0, 0.05) is 5.56 Å². The van der Waals surface area contributed by atoms with Gasteiger partial charge < -0.3 is 20.3 Å². The number of halogens is 3. The van der Waals surface area contributed by atoms with Crippen LogP contribution in [0.3, 0.4) is 0 Å². The number of aromatic nitrogens is 2. The summed E-state index contributed by atoms with van der Waals surface area (Å²) in [5.41, 5.74) is 2.29. The van der Waals surface area contributed by atoms with Crippen LogP contribution in [0.15, 0.2) is 28.8 Å². The molecule has 0 radical (unpaired) electrons. The molecule has 1 aliphatic rings. The van der Waals surface area contributed by atoms with E-state index in [1.165, 1.54) is 56.9 Å². The minimum Gasteiger partial charge on any atom is -0.475 e. The largest absolute Gasteiger partial charge is 0.490 e. The molecule has 1 aromatic carbocycles. The number of carboxylic acid groups (broad SMARTS) is 1. The first-order chi connectivity index (χ1) is 17.2. The molecule has 0 spiro atoms. The lowest BCUT2D eigenvalue weighted by atomic mass is 10.0. The average Bonchev–Trinajstić information content (AvgIpc) is 3.28. The zero-order valence-corrected chi connectivity index (χ0v) is 20.6. The van der Waals surface area contributed by atoms with Crippen molar-refractivity contribution in [1.82, 2.24) is 20.8 Å². The number of aryl methyl sites for hydroxylation is 1. The molecule has 200 valence electrons. The number of unbranched alkanes of at least 4 members (excludes halogenated alkanes) is 7. The molecule has 11 heteroatoms. The van der Waals surface area contributed by atoms with Crippen molar-refractivity contribution in [1.29, 1.82) is 0 Å². The summed E-state index contributed by atoms with van der Waals surface area (Å²) >= 11 is 0. The Balaban J connectivity index is 0.000000572. The van der Waals surface area contributed by atoms with E-state index in [9.17, 15) is 18.0 Å². The molecule has 8 nitrogen and oxygen atoms in total. The average molecular weight is 513 g/mol. The van der Waals surface area contributed by atoms with Gasteiger partial charge in [-0.15, -0.1) is 0 Å². The third-order valence-electron chi connectivity index (χ3n) is 5.80. The van der Waals surface area contributed by atoms with Crippen LogP contribution in [0.25, 0.3) is 11.4 Å². The second-order valence-electron chi connectivity index (χ2n) is 8.75. The van der Waals surface area contributed by atoms with Gasteiger partial charge in [0.25, 0.3) is 0 Å². The molecule has 2 heterocycles. The van der Waals surface area contributed by atoms with Crippen molar-refractivity contribution in [2.75, 3.05) is 6.54 Å². The van der Waals surface area contributed by atoms with Crippen LogP contribution in [-0.4, -0.2) is 45.9 Å². The first kappa shape index (κ1) is 29.3. The van der Waals surface area contributed by atoms with Gasteiger partial charge in [0.2, 0.25) is 17.6 Å². The molecule has 1 aliphatic heterocycles. The molecule has 0 aliphatic carbocycles. The van der Waals surface area contributed by atoms with Crippen LogP contribution >= 0.6 is 0 Å². The van der Waals surface area contributed by atoms with Crippen LogP contribution in [0.1, 0.15) is 76.2 Å². The summed E-state index contributed by atoms with van der Waals surface area (Å²) < 4.78 is 37.0. The molecule has 1 unspecified atom stereocenters. The Morgan fingerprint density at radius 3 is 2.19 bits per heavy atom. The molecule has 1 atom stereocenters. The van der Waals surface area contributed by atoms with Gasteiger partial charge in [-0.1, -0.05) is 81.3 Å². The monoisotopic (exact) mass is 512 g/mol. The molecular formula is C25H35F3N4O4. The molecular weight excluding hydrogens is 477 g/mol. The minimum atomic E-state index is -5.08. The fourth-order valence-electron chi connectivity index (χ4n) is 3.53. The van der Waals surface area contributed by atoms with Crippen molar-refractivity contribution in [3.8, 4) is 11.4 Å². The summed E-state index contributed by atoms with van der Waals surface area (Å²) in [5.74, 6) is -1.78. The van der Waals surface area contributed by atoms with E-state index in [0.29, 0.717) is 11.7 Å². The summed E-state index contributed by atoms with van der Waals surface area (Å²) in [6, 6.07) is 8.32. The number of aliphatic carboxylic acids is 1. The molecule has 0 bridgehead atoms. The maximum absolute atomic E-state index is 11.8. The number of nitrogens with zero attached hydrogens (tertiary/aromatic N) is 2. The lowest BCUT2D eigenvalue weighted by Gasteiger charge is -2.25. The fourth-order valence-corrected chi connectivity index (χ4v) is 3.53. The van der Waals surface area contributed by atoms with Crippen molar-refractivity contribution >= 4 is 11.9 Å². The molecule has 1 amide bonds. The van der Waals surface area contributed by atoms with E-state index < -0.39 is 12.1 Å². The number of hydrogen-bond donors (Lipinski definition) is 3. The van der Waals surface area contributed by atoms with Gasteiger partial charge in [-0.2, -0.15) is 18.2 Å². The Morgan fingerprint density at radius 1 is 1.08 bits per heavy atom. The highest BCUT2D eigenvalue weighted by Gasteiger charge is 2.38. The molecule has 36 heavy (non-hydrogen) atoms. The van der Waals surface area contributed by atoms with Gasteiger partial charge in [0.1, 0.15) is 0 Å². The summed E-state index contributed by atoms with van der Waals surface area (Å²) in [5, 5.41) is 17.1. The van der Waals surface area contributed by atoms with Crippen LogP contribution in [0.4, 0.5) is 13.2 Å². The molecule has 3 rings (SSSR count). The smallest absolute Gasteiger partial charge is 0.475 e. The molecule has 3 N–H and O–H groups in total. The third-order valence-corrected chi connectivity index (χ3v) is 5.80. The highest BCUT2D eigenvalue weighted by molar-refractivity contribution is 5.82. The molecule has 1 aromatic heterocycles. The number of nitrogens with one attached hydrogen (secondary N) is 2. The maximum atomic E-state index is 11.8. The number of amides is 1. The normalized spacial score (nSPS) is 14.9. The van der Waals surface area contributed by atoms with Crippen molar-refractivity contribution < 1.29 is 32.4 Å². The van der Waals surface area contributed by atoms with Crippen molar-refractivity contribution in [3.05, 3.63) is 35.7 Å². The summed E-state index contributed by atoms with van der Waals surface area (Å²) in [6.07, 6.45) is 7.66. The quantitative estimate of drug-likeness (QED) is 0.322. The van der Waals surface area contributed by atoms with Gasteiger partial charge >= 0.3 is 12.1 Å². The first-order valence-electron chi connectivity index (χ1n) is 12.4. The predicted molar refractivity (Wildman–Crippen MR) is 128 cm³/mol. The zero-order valence-electron chi connectivity index (χ0n) is 20.6. The van der Waals surface area contributed by atoms with Crippen LogP contribution in [0.2, 0.25) is 0 Å². The maximum Gasteiger partial charge on any atom is 0.490 e. The van der Waals surface area contributed by atoms with E-state index in [4.69, 9.17) is 14.4 Å². The summed E-state index contributed by atoms with van der Waals surface area (Å²) in [7, 11) is 0. The van der Waals surface area contributed by atoms with Crippen molar-refractivity contribution in [2.24, 2.45) is 0 Å². The van der Waals surface area contributed by atoms with Crippen LogP contribution in [0, 0.1) is 0 Å². The second kappa shape index (κ2) is 15.2. The van der Waals surface area contributed by atoms with Crippen molar-refractivity contribution in [2.45, 2.75) is 89.9 Å². The fraction of sp³-hybridized carbons (Fsp3) is 0.600. The van der Waals surface area contributed by atoms with Gasteiger partial charge in [-0.05, 0) is 31.4 Å². The van der Waals surface area contributed by atoms with Crippen LogP contribution < -0.4 is 10.6 Å². The number of carbonyl (C=O) groups is 2. The topological polar surface area (TPSA) is 117 Å². The van der Waals surface area contributed by atoms with E-state index in [-0.39, 0.29) is 18.5 Å². The number of carboxylic acids is 1. The molecule has 0 saturated carbocycles. The van der Waals surface area contributed by atoms with E-state index in [2.05, 4.69) is 39.8 Å². The van der Waals surface area contributed by atoms with Gasteiger partial charge in [0.15, 0.2) is 0 Å². The summed E-state index contributed by atoms with van der Waals surface area (Å²) in [4.78, 5) is 25.1. The standard InChI is InChI=1S/C23H34N4O2.C2HF3O2/c1-2-3-4-5-6-7-8-9-10-18-11-13-19(14-12-18)22-26-21(29-27-22)17-25-23(28)20-15-16-24-20;3-2(4,5)1(6)7/h11-14,20,24H,2-10,15-17H2,1H3,(H,25,28);(H,6,7). The van der Waals surface area contributed by atoms with Gasteiger partial charge in [0.05, 0.1) is 12.6 Å². The van der Waals surface area contributed by atoms with Gasteiger partial charge in [-0.3, -0.25) is 4.79 Å². The minimum absolute atomic E-state index is 0.0127. The number of benzene rings is 1. The highest BCUT2D eigenvalue weighted by Crippen LogP contribution is 2.18. The SMILES string of the molecule is CCCCCCCCCCc1ccc(-c2noc(CNC(=O)C3CCN3)n2)cc1.O=C(O)C(F)(F)F. The molecule has 1 saturated heterocycles. The zero-order chi connectivity index (χ0) is 26.4. The van der Waals surface area contributed by atoms with E-state index in [1.54, 1.807) is 0 Å².